The maximum atomic E-state index is 13.3. The van der Waals surface area contributed by atoms with Gasteiger partial charge in [0.05, 0.1) is 16.2 Å². The molecule has 0 amide bonds. The molecule has 8 nitrogen and oxygen atoms in total. The third-order valence-corrected chi connectivity index (χ3v) is 4.55. The van der Waals surface area contributed by atoms with Gasteiger partial charge in [0, 0.05) is 6.08 Å². The van der Waals surface area contributed by atoms with Gasteiger partial charge >= 0.3 is 11.8 Å². The van der Waals surface area contributed by atoms with Crippen molar-refractivity contribution in [1.29, 1.82) is 0 Å². The Bertz CT molecular complexity index is 971. The molecule has 160 valence electrons. The number of carboxylic acid groups (broad SMARTS) is 1. The van der Waals surface area contributed by atoms with Gasteiger partial charge in [0.15, 0.2) is 0 Å². The average Bonchev–Trinajstić information content (AvgIpc) is 2.70. The van der Waals surface area contributed by atoms with Crippen LogP contribution in [0.15, 0.2) is 59.4 Å². The molecule has 0 heterocycles. The molecule has 0 bridgehead atoms. The molecule has 5 N–H and O–H groups in total. The number of aliphatic imine (C=N–C) groups is 1. The number of phenolic OH excluding ortho intramolecular Hbond substituents is 1. The maximum absolute atomic E-state index is 13.3. The van der Waals surface area contributed by atoms with Crippen LogP contribution in [0.3, 0.4) is 0 Å². The first kappa shape index (κ1) is 23.0. The molecular formula is C21H25FN3O5+. The fourth-order valence-corrected chi connectivity index (χ4v) is 2.70. The third-order valence-electron chi connectivity index (χ3n) is 4.55. The summed E-state index contributed by atoms with van der Waals surface area (Å²) in [6, 6.07) is 9.08. The summed E-state index contributed by atoms with van der Waals surface area (Å²) in [6.45, 7) is 5.40. The Labute approximate surface area is 173 Å². The number of allylic oxidation sites excluding steroid dienone is 1. The van der Waals surface area contributed by atoms with Gasteiger partial charge < -0.3 is 10.2 Å². The lowest BCUT2D eigenvalue weighted by Crippen LogP contribution is -2.45. The molecule has 2 aromatic carbocycles. The van der Waals surface area contributed by atoms with Gasteiger partial charge in [-0.05, 0) is 55.2 Å². The minimum absolute atomic E-state index is 0.0753. The average molecular weight is 418 g/mol. The van der Waals surface area contributed by atoms with Gasteiger partial charge in [-0.1, -0.05) is 26.0 Å². The summed E-state index contributed by atoms with van der Waals surface area (Å²) in [4.78, 5) is 13.5. The lowest BCUT2D eigenvalue weighted by atomic mass is 9.96. The van der Waals surface area contributed by atoms with Gasteiger partial charge in [-0.2, -0.15) is 10.4 Å². The number of phenols is 1. The van der Waals surface area contributed by atoms with E-state index in [2.05, 4.69) is 10.4 Å². The summed E-state index contributed by atoms with van der Waals surface area (Å²) in [5, 5.41) is 40.1. The fourth-order valence-electron chi connectivity index (χ4n) is 2.70. The predicted octanol–water partition coefficient (Wildman–Crippen LogP) is 4.55. The van der Waals surface area contributed by atoms with E-state index in [1.807, 2.05) is 13.8 Å². The van der Waals surface area contributed by atoms with E-state index >= 15 is 0 Å². The molecule has 1 unspecified atom stereocenters. The van der Waals surface area contributed by atoms with E-state index in [0.29, 0.717) is 17.7 Å². The zero-order valence-electron chi connectivity index (χ0n) is 16.9. The van der Waals surface area contributed by atoms with Crippen LogP contribution in [0.25, 0.3) is 0 Å². The van der Waals surface area contributed by atoms with Crippen molar-refractivity contribution in [2.75, 3.05) is 5.43 Å². The van der Waals surface area contributed by atoms with Crippen molar-refractivity contribution < 1.29 is 34.7 Å². The number of rotatable bonds is 8. The number of carbonyl (C=O) groups is 1. The Morgan fingerprint density at radius 1 is 1.20 bits per heavy atom. The number of hydrogen-bond donors (Lipinski definition) is 5. The normalized spacial score (nSPS) is 13.8. The first-order valence-electron chi connectivity index (χ1n) is 9.29. The highest BCUT2D eigenvalue weighted by Crippen LogP contribution is 2.28. The van der Waals surface area contributed by atoms with Gasteiger partial charge in [-0.25, -0.2) is 9.18 Å². The van der Waals surface area contributed by atoms with Crippen LogP contribution in [0.4, 0.5) is 10.1 Å². The highest BCUT2D eigenvalue weighted by molar-refractivity contribution is 6.02. The number of anilines is 1. The number of nitrogens with zero attached hydrogens (tertiary/aromatic N) is 2. The Kier molecular flexibility index (Phi) is 7.28. The molecular weight excluding hydrogens is 393 g/mol. The highest BCUT2D eigenvalue weighted by Gasteiger charge is 2.32. The minimum atomic E-state index is -1.91. The topological polar surface area (TPSA) is 122 Å². The molecule has 0 aliphatic heterocycles. The third kappa shape index (κ3) is 5.41. The molecule has 0 aliphatic carbocycles. The van der Waals surface area contributed by atoms with Crippen molar-refractivity contribution in [2.24, 2.45) is 10.9 Å². The smallest absolute Gasteiger partial charge is 0.335 e. The standard InChI is InChI=1S/C21H24FN3O5/c1-4-13(3)20(14-6-9-16(22)10-7-14)23-19(5-2)25(29,30)24-17-11-8-15(21(27)28)12-18(17)26/h5-13,24,29-30H,4H2,1-3H3,(H-,26,27,28)/p+1/b19-5+,23-20+. The van der Waals surface area contributed by atoms with Crippen LogP contribution in [0.2, 0.25) is 0 Å². The minimum Gasteiger partial charge on any atom is -0.506 e. The molecule has 9 heteroatoms. The van der Waals surface area contributed by atoms with Gasteiger partial charge in [0.1, 0.15) is 17.3 Å². The number of carboxylic acids is 1. The zero-order valence-corrected chi connectivity index (χ0v) is 16.9. The van der Waals surface area contributed by atoms with Crippen molar-refractivity contribution in [3.8, 4) is 5.75 Å². The number of aromatic carboxylic acids is 1. The number of aromatic hydroxyl groups is 1. The van der Waals surface area contributed by atoms with Crippen molar-refractivity contribution in [2.45, 2.75) is 27.2 Å². The molecule has 0 saturated carbocycles. The summed E-state index contributed by atoms with van der Waals surface area (Å²) in [5.41, 5.74) is 3.16. The van der Waals surface area contributed by atoms with E-state index in [1.54, 1.807) is 19.1 Å². The summed E-state index contributed by atoms with van der Waals surface area (Å²) < 4.78 is 13.3. The molecule has 1 atom stereocenters. The summed E-state index contributed by atoms with van der Waals surface area (Å²) in [5.74, 6) is -2.41. The summed E-state index contributed by atoms with van der Waals surface area (Å²) in [6.07, 6.45) is 2.07. The number of quaternary nitrogens is 1. The van der Waals surface area contributed by atoms with Crippen LogP contribution < -0.4 is 5.43 Å². The van der Waals surface area contributed by atoms with E-state index in [-0.39, 0.29) is 23.0 Å². The van der Waals surface area contributed by atoms with Gasteiger partial charge in [0.2, 0.25) is 0 Å². The van der Waals surface area contributed by atoms with E-state index < -0.39 is 22.5 Å². The molecule has 30 heavy (non-hydrogen) atoms. The van der Waals surface area contributed by atoms with E-state index in [4.69, 9.17) is 5.11 Å². The molecule has 2 rings (SSSR count). The Morgan fingerprint density at radius 2 is 1.80 bits per heavy atom. The molecule has 0 aromatic heterocycles. The zero-order chi connectivity index (χ0) is 22.5. The monoisotopic (exact) mass is 418 g/mol. The van der Waals surface area contributed by atoms with E-state index in [0.717, 1.165) is 6.07 Å². The van der Waals surface area contributed by atoms with Crippen LogP contribution in [0.1, 0.15) is 43.1 Å². The number of halogens is 1. The fraction of sp³-hybridized carbons (Fsp3) is 0.238. The Hall–Kier alpha value is -3.27. The predicted molar refractivity (Wildman–Crippen MR) is 109 cm³/mol. The molecule has 2 aromatic rings. The van der Waals surface area contributed by atoms with Gasteiger partial charge in [-0.15, -0.1) is 10.4 Å². The molecule has 0 fully saturated rings. The van der Waals surface area contributed by atoms with E-state index in [9.17, 15) is 24.7 Å². The van der Waals surface area contributed by atoms with Crippen molar-refractivity contribution in [3.63, 3.8) is 0 Å². The molecule has 0 radical (unpaired) electrons. The number of hydroxylamine groups is 2. The molecule has 0 spiro atoms. The highest BCUT2D eigenvalue weighted by atomic mass is 19.1. The second-order valence-corrected chi connectivity index (χ2v) is 6.71. The van der Waals surface area contributed by atoms with Crippen LogP contribution in [0, 0.1) is 11.7 Å². The second kappa shape index (κ2) is 9.49. The van der Waals surface area contributed by atoms with Gasteiger partial charge in [0.25, 0.3) is 0 Å². The first-order chi connectivity index (χ1) is 14.1. The van der Waals surface area contributed by atoms with Crippen molar-refractivity contribution in [1.82, 2.24) is 0 Å². The van der Waals surface area contributed by atoms with Crippen LogP contribution in [0.5, 0.6) is 5.75 Å². The number of hydrogen-bond acceptors (Lipinski definition) is 6. The second-order valence-electron chi connectivity index (χ2n) is 6.71. The van der Waals surface area contributed by atoms with E-state index in [1.165, 1.54) is 30.3 Å². The number of nitrogens with one attached hydrogen (secondary N) is 1. The maximum Gasteiger partial charge on any atom is 0.335 e. The van der Waals surface area contributed by atoms with Crippen LogP contribution >= 0.6 is 0 Å². The molecule has 0 aliphatic rings. The first-order valence-corrected chi connectivity index (χ1v) is 9.29. The summed E-state index contributed by atoms with van der Waals surface area (Å²) in [7, 11) is 0. The largest absolute Gasteiger partial charge is 0.506 e. The lowest BCUT2D eigenvalue weighted by molar-refractivity contribution is -1.20. The SMILES string of the molecule is C/C=C(\N=C(\c1ccc(F)cc1)C(C)CC)[N+](O)(O)Nc1ccc(C(=O)O)cc1O. The summed E-state index contributed by atoms with van der Waals surface area (Å²) >= 11 is 0. The quantitative estimate of drug-likeness (QED) is 0.186. The van der Waals surface area contributed by atoms with Crippen LogP contribution in [-0.4, -0.2) is 37.2 Å². The molecule has 0 saturated heterocycles. The van der Waals surface area contributed by atoms with Gasteiger partial charge in [-0.3, -0.25) is 0 Å². The van der Waals surface area contributed by atoms with Crippen molar-refractivity contribution >= 4 is 17.4 Å². The lowest BCUT2D eigenvalue weighted by Gasteiger charge is -2.23. The Balaban J connectivity index is 2.42. The Morgan fingerprint density at radius 3 is 2.30 bits per heavy atom. The van der Waals surface area contributed by atoms with Crippen molar-refractivity contribution in [3.05, 3.63) is 71.3 Å². The van der Waals surface area contributed by atoms with Crippen LogP contribution in [-0.2, 0) is 0 Å². The number of benzene rings is 2.